The van der Waals surface area contributed by atoms with Gasteiger partial charge in [0, 0.05) is 25.4 Å². The number of benzene rings is 3. The lowest BCUT2D eigenvalue weighted by atomic mass is 9.66. The molecule has 41 heavy (non-hydrogen) atoms. The Morgan fingerprint density at radius 1 is 0.951 bits per heavy atom. The van der Waals surface area contributed by atoms with Crippen molar-refractivity contribution in [2.75, 3.05) is 18.5 Å². The van der Waals surface area contributed by atoms with Crippen molar-refractivity contribution in [3.05, 3.63) is 78.4 Å². The molecule has 3 aliphatic heterocycles. The molecule has 8 heteroatoms. The third-order valence-corrected chi connectivity index (χ3v) is 9.19. The Morgan fingerprint density at radius 3 is 2.49 bits per heavy atom. The van der Waals surface area contributed by atoms with Gasteiger partial charge in [0.1, 0.15) is 11.6 Å². The summed E-state index contributed by atoms with van der Waals surface area (Å²) in [5, 5.41) is 17.4. The van der Waals surface area contributed by atoms with Crippen molar-refractivity contribution in [3.8, 4) is 0 Å². The number of likely N-dealkylation sites (tertiary alicyclic amines) is 1. The van der Waals surface area contributed by atoms with E-state index in [0.717, 1.165) is 22.8 Å². The summed E-state index contributed by atoms with van der Waals surface area (Å²) in [6.07, 6.45) is 3.14. The van der Waals surface area contributed by atoms with Gasteiger partial charge in [-0.05, 0) is 67.5 Å². The third kappa shape index (κ3) is 4.79. The Kier molecular flexibility index (Phi) is 7.30. The van der Waals surface area contributed by atoms with Gasteiger partial charge in [-0.2, -0.15) is 0 Å². The lowest BCUT2D eigenvalue weighted by Gasteiger charge is -2.33. The second-order valence-electron chi connectivity index (χ2n) is 11.8. The Hall–Kier alpha value is -3.75. The van der Waals surface area contributed by atoms with E-state index in [0.29, 0.717) is 44.5 Å². The molecule has 3 amide bonds. The molecule has 1 spiro atoms. The molecular weight excluding hydrogens is 518 g/mol. The smallest absolute Gasteiger partial charge is 0.250 e. The van der Waals surface area contributed by atoms with Crippen LogP contribution in [0.5, 0.6) is 0 Å². The number of fused-ring (bicyclic) bond motifs is 2. The number of aliphatic hydroxyl groups excluding tert-OH is 1. The van der Waals surface area contributed by atoms with Gasteiger partial charge in [-0.15, -0.1) is 0 Å². The summed E-state index contributed by atoms with van der Waals surface area (Å²) in [6.45, 7) is 2.71. The quantitative estimate of drug-likeness (QED) is 0.328. The zero-order valence-corrected chi connectivity index (χ0v) is 23.3. The molecule has 3 saturated heterocycles. The van der Waals surface area contributed by atoms with E-state index in [1.165, 1.54) is 0 Å². The predicted octanol–water partition coefficient (Wildman–Crippen LogP) is 4.02. The SMILES string of the molecule is C[C@@]12CCC3(O1)C(C(=O)Nc1ccc4ccccc4c1)N(CCCCCO)C(=O)[C@@H]3[C@@H]2C(=O)NCc1ccccc1. The molecule has 5 atom stereocenters. The van der Waals surface area contributed by atoms with E-state index >= 15 is 0 Å². The van der Waals surface area contributed by atoms with Gasteiger partial charge in [-0.1, -0.05) is 60.7 Å². The first-order chi connectivity index (χ1) is 19.9. The standard InChI is InChI=1S/C33H37N3O5/c1-32-16-17-33(41-32)27(26(32)29(38)34-21-22-10-4-2-5-11-22)31(40)36(18-8-3-9-19-37)28(33)30(39)35-25-15-14-23-12-6-7-13-24(23)20-25/h2,4-7,10-15,20,26-28,37H,3,8-9,16-19,21H2,1H3,(H,34,38)(H,35,39)/t26-,27+,28?,32+,33?/m1/s1. The van der Waals surface area contributed by atoms with Gasteiger partial charge in [0.25, 0.3) is 0 Å². The van der Waals surface area contributed by atoms with Crippen LogP contribution in [0.4, 0.5) is 5.69 Å². The average molecular weight is 556 g/mol. The van der Waals surface area contributed by atoms with Crippen molar-refractivity contribution < 1.29 is 24.2 Å². The Labute approximate surface area is 240 Å². The van der Waals surface area contributed by atoms with E-state index in [1.807, 2.05) is 79.7 Å². The first-order valence-electron chi connectivity index (χ1n) is 14.6. The van der Waals surface area contributed by atoms with Crippen molar-refractivity contribution in [1.82, 2.24) is 10.2 Å². The number of amides is 3. The van der Waals surface area contributed by atoms with Crippen LogP contribution in [0.2, 0.25) is 0 Å². The molecule has 6 rings (SSSR count). The minimum atomic E-state index is -1.07. The van der Waals surface area contributed by atoms with E-state index in [-0.39, 0.29) is 24.3 Å². The molecule has 0 aromatic heterocycles. The lowest BCUT2D eigenvalue weighted by molar-refractivity contribution is -0.144. The van der Waals surface area contributed by atoms with E-state index in [1.54, 1.807) is 4.90 Å². The number of carbonyl (C=O) groups is 3. The number of rotatable bonds is 10. The van der Waals surface area contributed by atoms with Gasteiger partial charge in [0.15, 0.2) is 0 Å². The fraction of sp³-hybridized carbons (Fsp3) is 0.424. The molecule has 3 aromatic carbocycles. The Balaban J connectivity index is 1.29. The molecule has 3 aliphatic rings. The van der Waals surface area contributed by atoms with E-state index in [9.17, 15) is 19.5 Å². The minimum absolute atomic E-state index is 0.0809. The van der Waals surface area contributed by atoms with Crippen molar-refractivity contribution in [3.63, 3.8) is 0 Å². The monoisotopic (exact) mass is 555 g/mol. The summed E-state index contributed by atoms with van der Waals surface area (Å²) >= 11 is 0. The molecule has 8 nitrogen and oxygen atoms in total. The summed E-state index contributed by atoms with van der Waals surface area (Å²) in [5.41, 5.74) is -0.276. The van der Waals surface area contributed by atoms with Crippen LogP contribution < -0.4 is 10.6 Å². The second-order valence-corrected chi connectivity index (χ2v) is 11.8. The van der Waals surface area contributed by atoms with Gasteiger partial charge in [-0.3, -0.25) is 14.4 Å². The van der Waals surface area contributed by atoms with Crippen LogP contribution in [0.3, 0.4) is 0 Å². The molecule has 0 aliphatic carbocycles. The van der Waals surface area contributed by atoms with Crippen LogP contribution in [0.1, 0.15) is 44.6 Å². The largest absolute Gasteiger partial charge is 0.396 e. The third-order valence-electron chi connectivity index (χ3n) is 9.19. The molecule has 3 heterocycles. The Morgan fingerprint density at radius 2 is 1.71 bits per heavy atom. The summed E-state index contributed by atoms with van der Waals surface area (Å²) in [5.74, 6) is -2.14. The highest BCUT2D eigenvalue weighted by atomic mass is 16.5. The Bertz CT molecular complexity index is 1460. The fourth-order valence-corrected chi connectivity index (χ4v) is 7.31. The summed E-state index contributed by atoms with van der Waals surface area (Å²) in [6, 6.07) is 22.5. The molecule has 3 fully saturated rings. The van der Waals surface area contributed by atoms with Crippen molar-refractivity contribution in [1.29, 1.82) is 0 Å². The van der Waals surface area contributed by atoms with Gasteiger partial charge < -0.3 is 25.4 Å². The van der Waals surface area contributed by atoms with Gasteiger partial charge in [-0.25, -0.2) is 0 Å². The number of anilines is 1. The van der Waals surface area contributed by atoms with Gasteiger partial charge in [0.05, 0.1) is 17.4 Å². The zero-order chi connectivity index (χ0) is 28.6. The van der Waals surface area contributed by atoms with Crippen LogP contribution in [0.25, 0.3) is 10.8 Å². The molecule has 3 N–H and O–H groups in total. The molecule has 214 valence electrons. The molecular formula is C33H37N3O5. The van der Waals surface area contributed by atoms with E-state index < -0.39 is 29.1 Å². The van der Waals surface area contributed by atoms with Crippen molar-refractivity contribution in [2.24, 2.45) is 11.8 Å². The lowest BCUT2D eigenvalue weighted by Crippen LogP contribution is -2.53. The number of hydrogen-bond donors (Lipinski definition) is 3. The maximum Gasteiger partial charge on any atom is 0.250 e. The van der Waals surface area contributed by atoms with Crippen LogP contribution in [0, 0.1) is 11.8 Å². The number of nitrogens with zero attached hydrogens (tertiary/aromatic N) is 1. The molecule has 0 radical (unpaired) electrons. The summed E-state index contributed by atoms with van der Waals surface area (Å²) in [4.78, 5) is 43.6. The van der Waals surface area contributed by atoms with Crippen molar-refractivity contribution >= 4 is 34.2 Å². The van der Waals surface area contributed by atoms with Crippen molar-refractivity contribution in [2.45, 2.75) is 62.8 Å². The first kappa shape index (κ1) is 27.4. The highest BCUT2D eigenvalue weighted by Crippen LogP contribution is 2.63. The molecule has 3 aromatic rings. The fourth-order valence-electron chi connectivity index (χ4n) is 7.31. The number of aliphatic hydroxyl groups is 1. The number of ether oxygens (including phenoxy) is 1. The topological polar surface area (TPSA) is 108 Å². The maximum atomic E-state index is 14.1. The van der Waals surface area contributed by atoms with E-state index in [2.05, 4.69) is 10.6 Å². The van der Waals surface area contributed by atoms with Crippen LogP contribution in [-0.2, 0) is 25.7 Å². The van der Waals surface area contributed by atoms with Gasteiger partial charge in [0.2, 0.25) is 17.7 Å². The zero-order valence-electron chi connectivity index (χ0n) is 23.3. The normalized spacial score (nSPS) is 28.2. The summed E-state index contributed by atoms with van der Waals surface area (Å²) < 4.78 is 6.70. The number of unbranched alkanes of at least 4 members (excludes halogenated alkanes) is 2. The number of hydrogen-bond acceptors (Lipinski definition) is 5. The van der Waals surface area contributed by atoms with Gasteiger partial charge >= 0.3 is 0 Å². The van der Waals surface area contributed by atoms with Crippen LogP contribution >= 0.6 is 0 Å². The maximum absolute atomic E-state index is 14.1. The number of nitrogens with one attached hydrogen (secondary N) is 2. The average Bonchev–Trinajstić information content (AvgIpc) is 3.55. The molecule has 0 saturated carbocycles. The number of carbonyl (C=O) groups excluding carboxylic acids is 3. The highest BCUT2D eigenvalue weighted by molar-refractivity contribution is 6.04. The predicted molar refractivity (Wildman–Crippen MR) is 156 cm³/mol. The van der Waals surface area contributed by atoms with E-state index in [4.69, 9.17) is 4.74 Å². The second kappa shape index (κ2) is 10.9. The molecule has 2 unspecified atom stereocenters. The highest BCUT2D eigenvalue weighted by Gasteiger charge is 2.77. The minimum Gasteiger partial charge on any atom is -0.396 e. The first-order valence-corrected chi connectivity index (χ1v) is 14.6. The van der Waals surface area contributed by atoms with Crippen LogP contribution in [0.15, 0.2) is 72.8 Å². The molecule has 2 bridgehead atoms. The summed E-state index contributed by atoms with van der Waals surface area (Å²) in [7, 11) is 0. The van der Waals surface area contributed by atoms with Crippen LogP contribution in [-0.4, -0.2) is 58.1 Å².